The molecule has 2 heterocycles. The van der Waals surface area contributed by atoms with Gasteiger partial charge in [0.05, 0.1) is 19.4 Å². The van der Waals surface area contributed by atoms with Crippen LogP contribution in [0.5, 0.6) is 0 Å². The van der Waals surface area contributed by atoms with Gasteiger partial charge in [-0.05, 0) is 61.4 Å². The Morgan fingerprint density at radius 3 is 2.79 bits per heavy atom. The number of hydrogen-bond donors (Lipinski definition) is 2. The molecular weight excluding hydrogens is 364 g/mol. The first-order chi connectivity index (χ1) is 14.2. The van der Waals surface area contributed by atoms with Gasteiger partial charge in [0.15, 0.2) is 5.96 Å². The van der Waals surface area contributed by atoms with Gasteiger partial charge < -0.3 is 20.0 Å². The quantitative estimate of drug-likeness (QED) is 0.581. The van der Waals surface area contributed by atoms with Crippen LogP contribution in [0.25, 0.3) is 0 Å². The predicted molar refractivity (Wildman–Crippen MR) is 114 cm³/mol. The van der Waals surface area contributed by atoms with Crippen molar-refractivity contribution >= 4 is 11.9 Å². The Hall–Kier alpha value is -2.76. The molecule has 1 aromatic heterocycles. The van der Waals surface area contributed by atoms with E-state index >= 15 is 0 Å². The van der Waals surface area contributed by atoms with Gasteiger partial charge >= 0.3 is 0 Å². The summed E-state index contributed by atoms with van der Waals surface area (Å²) in [6.07, 6.45) is 6.98. The van der Waals surface area contributed by atoms with E-state index in [2.05, 4.69) is 22.5 Å². The number of hydrogen-bond acceptors (Lipinski definition) is 3. The Labute approximate surface area is 172 Å². The Balaban J connectivity index is 1.38. The van der Waals surface area contributed by atoms with Gasteiger partial charge in [-0.3, -0.25) is 4.79 Å². The molecule has 2 fully saturated rings. The van der Waals surface area contributed by atoms with Gasteiger partial charge in [0, 0.05) is 25.2 Å². The maximum Gasteiger partial charge on any atom is 0.251 e. The van der Waals surface area contributed by atoms with Crippen LogP contribution < -0.4 is 10.6 Å². The molecule has 2 aliphatic rings. The normalized spacial score (nSPS) is 18.0. The van der Waals surface area contributed by atoms with E-state index in [1.807, 2.05) is 36.4 Å². The molecule has 0 bridgehead atoms. The van der Waals surface area contributed by atoms with Gasteiger partial charge in [0.25, 0.3) is 5.91 Å². The second kappa shape index (κ2) is 8.72. The fraction of sp³-hybridized carbons (Fsp3) is 0.478. The first-order valence-corrected chi connectivity index (χ1v) is 10.6. The van der Waals surface area contributed by atoms with E-state index in [1.54, 1.807) is 6.26 Å². The number of carbonyl (C=O) groups excluding carboxylic acids is 1. The van der Waals surface area contributed by atoms with Crippen LogP contribution in [0.4, 0.5) is 0 Å². The molecule has 1 aromatic carbocycles. The lowest BCUT2D eigenvalue weighted by Gasteiger charge is -2.38. The lowest BCUT2D eigenvalue weighted by Crippen LogP contribution is -2.42. The van der Waals surface area contributed by atoms with Crippen molar-refractivity contribution in [2.24, 2.45) is 10.4 Å². The fourth-order valence-corrected chi connectivity index (χ4v) is 4.29. The molecule has 2 aromatic rings. The summed E-state index contributed by atoms with van der Waals surface area (Å²) in [5, 5.41) is 6.33. The van der Waals surface area contributed by atoms with E-state index < -0.39 is 0 Å². The maximum absolute atomic E-state index is 12.4. The summed E-state index contributed by atoms with van der Waals surface area (Å²) < 4.78 is 5.26. The lowest BCUT2D eigenvalue weighted by atomic mass is 9.68. The minimum atomic E-state index is -0.106. The van der Waals surface area contributed by atoms with Crippen molar-refractivity contribution in [1.29, 1.82) is 0 Å². The van der Waals surface area contributed by atoms with E-state index in [-0.39, 0.29) is 5.91 Å². The minimum absolute atomic E-state index is 0.106. The summed E-state index contributed by atoms with van der Waals surface area (Å²) in [5.41, 5.74) is 2.22. The third-order valence-electron chi connectivity index (χ3n) is 6.09. The largest absolute Gasteiger partial charge is 0.467 e. The van der Waals surface area contributed by atoms with Crippen LogP contribution in [0.2, 0.25) is 0 Å². The van der Waals surface area contributed by atoms with E-state index in [0.717, 1.165) is 36.9 Å². The lowest BCUT2D eigenvalue weighted by molar-refractivity contribution is 0.0948. The molecule has 6 nitrogen and oxygen atoms in total. The Kier molecular flexibility index (Phi) is 5.88. The van der Waals surface area contributed by atoms with Crippen molar-refractivity contribution in [1.82, 2.24) is 15.5 Å². The highest BCUT2D eigenvalue weighted by Crippen LogP contribution is 2.47. The maximum atomic E-state index is 12.4. The van der Waals surface area contributed by atoms with Crippen LogP contribution >= 0.6 is 0 Å². The van der Waals surface area contributed by atoms with Crippen LogP contribution in [0.1, 0.15) is 54.3 Å². The number of furan rings is 1. The Morgan fingerprint density at radius 2 is 2.10 bits per heavy atom. The van der Waals surface area contributed by atoms with E-state index in [0.29, 0.717) is 24.1 Å². The molecule has 154 valence electrons. The molecule has 4 rings (SSSR count). The van der Waals surface area contributed by atoms with E-state index in [9.17, 15) is 4.79 Å². The average Bonchev–Trinajstić information content (AvgIpc) is 3.39. The molecule has 29 heavy (non-hydrogen) atoms. The molecule has 1 saturated heterocycles. The highest BCUT2D eigenvalue weighted by atomic mass is 16.3. The van der Waals surface area contributed by atoms with Gasteiger partial charge in [0.1, 0.15) is 5.76 Å². The number of aliphatic imine (C=N–C) groups is 1. The molecule has 1 aliphatic heterocycles. The topological polar surface area (TPSA) is 69.9 Å². The Morgan fingerprint density at radius 1 is 1.21 bits per heavy atom. The number of guanidine groups is 1. The number of benzene rings is 1. The zero-order valence-corrected chi connectivity index (χ0v) is 17.1. The van der Waals surface area contributed by atoms with Gasteiger partial charge in [-0.2, -0.15) is 0 Å². The molecule has 0 atom stereocenters. The first kappa shape index (κ1) is 19.6. The number of nitrogens with one attached hydrogen (secondary N) is 2. The smallest absolute Gasteiger partial charge is 0.251 e. The standard InChI is InChI=1S/C23H30N4O2/c1-2-24-22(27-12-11-23(17-27)9-5-10-23)26-15-18-6-3-7-19(14-18)21(28)25-16-20-8-4-13-29-20/h3-4,6-8,13-14H,2,5,9-12,15-17H2,1H3,(H,24,26)(H,25,28). The van der Waals surface area contributed by atoms with Crippen LogP contribution in [0.3, 0.4) is 0 Å². The van der Waals surface area contributed by atoms with Crippen molar-refractivity contribution in [3.63, 3.8) is 0 Å². The first-order valence-electron chi connectivity index (χ1n) is 10.6. The summed E-state index contributed by atoms with van der Waals surface area (Å²) in [6.45, 7) is 6.11. The molecular formula is C23H30N4O2. The average molecular weight is 395 g/mol. The van der Waals surface area contributed by atoms with Crippen molar-refractivity contribution < 1.29 is 9.21 Å². The number of nitrogens with zero attached hydrogens (tertiary/aromatic N) is 2. The zero-order valence-electron chi connectivity index (χ0n) is 17.1. The number of amides is 1. The monoisotopic (exact) mass is 394 g/mol. The number of rotatable bonds is 6. The molecule has 1 saturated carbocycles. The molecule has 1 spiro atoms. The van der Waals surface area contributed by atoms with Crippen LogP contribution in [0.15, 0.2) is 52.1 Å². The second-order valence-electron chi connectivity index (χ2n) is 8.16. The molecule has 6 heteroatoms. The molecule has 1 amide bonds. The summed E-state index contributed by atoms with van der Waals surface area (Å²) in [5.74, 6) is 1.62. The van der Waals surface area contributed by atoms with E-state index in [1.165, 1.54) is 25.7 Å². The fourth-order valence-electron chi connectivity index (χ4n) is 4.29. The predicted octanol–water partition coefficient (Wildman–Crippen LogP) is 3.55. The summed E-state index contributed by atoms with van der Waals surface area (Å²) >= 11 is 0. The van der Waals surface area contributed by atoms with Crippen molar-refractivity contribution in [2.75, 3.05) is 19.6 Å². The van der Waals surface area contributed by atoms with Crippen LogP contribution in [-0.2, 0) is 13.1 Å². The van der Waals surface area contributed by atoms with Crippen molar-refractivity contribution in [3.05, 3.63) is 59.5 Å². The zero-order chi connectivity index (χ0) is 20.1. The molecule has 0 unspecified atom stereocenters. The highest BCUT2D eigenvalue weighted by molar-refractivity contribution is 5.94. The van der Waals surface area contributed by atoms with E-state index in [4.69, 9.17) is 9.41 Å². The van der Waals surface area contributed by atoms with Crippen LogP contribution in [-0.4, -0.2) is 36.4 Å². The van der Waals surface area contributed by atoms with Crippen molar-refractivity contribution in [3.8, 4) is 0 Å². The highest BCUT2D eigenvalue weighted by Gasteiger charge is 2.43. The summed E-state index contributed by atoms with van der Waals surface area (Å²) in [7, 11) is 0. The van der Waals surface area contributed by atoms with Crippen molar-refractivity contribution in [2.45, 2.75) is 45.7 Å². The van der Waals surface area contributed by atoms with Gasteiger partial charge in [0.2, 0.25) is 0 Å². The molecule has 1 aliphatic carbocycles. The third kappa shape index (κ3) is 4.63. The summed E-state index contributed by atoms with van der Waals surface area (Å²) in [6, 6.07) is 11.3. The SMILES string of the molecule is CCNC(=NCc1cccc(C(=O)NCc2ccco2)c1)N1CCC2(CCC2)C1. The summed E-state index contributed by atoms with van der Waals surface area (Å²) in [4.78, 5) is 19.7. The van der Waals surface area contributed by atoms with Crippen LogP contribution in [0, 0.1) is 5.41 Å². The Bertz CT molecular complexity index is 856. The van der Waals surface area contributed by atoms with Gasteiger partial charge in [-0.15, -0.1) is 0 Å². The second-order valence-corrected chi connectivity index (χ2v) is 8.16. The number of likely N-dealkylation sites (tertiary alicyclic amines) is 1. The molecule has 2 N–H and O–H groups in total. The number of carbonyl (C=O) groups is 1. The van der Waals surface area contributed by atoms with Gasteiger partial charge in [-0.1, -0.05) is 18.6 Å². The minimum Gasteiger partial charge on any atom is -0.467 e. The third-order valence-corrected chi connectivity index (χ3v) is 6.09. The molecule has 0 radical (unpaired) electrons. The van der Waals surface area contributed by atoms with Gasteiger partial charge in [-0.25, -0.2) is 4.99 Å².